The summed E-state index contributed by atoms with van der Waals surface area (Å²) in [5.41, 5.74) is 0.952. The van der Waals surface area contributed by atoms with Crippen LogP contribution in [0.4, 0.5) is 0 Å². The van der Waals surface area contributed by atoms with E-state index in [1.807, 2.05) is 42.5 Å². The van der Waals surface area contributed by atoms with Crippen LogP contribution in [0.3, 0.4) is 0 Å². The van der Waals surface area contributed by atoms with Crippen molar-refractivity contribution in [2.24, 2.45) is 0 Å². The number of hydrogen-bond donors (Lipinski definition) is 1. The first-order valence-electron chi connectivity index (χ1n) is 8.65. The Kier molecular flexibility index (Phi) is 6.30. The Bertz CT molecular complexity index is 927. The van der Waals surface area contributed by atoms with Crippen molar-refractivity contribution in [3.63, 3.8) is 0 Å². The van der Waals surface area contributed by atoms with Crippen molar-refractivity contribution in [1.29, 1.82) is 0 Å². The fraction of sp³-hybridized carbons (Fsp3) is 0.200. The molecule has 0 saturated carbocycles. The van der Waals surface area contributed by atoms with Gasteiger partial charge in [-0.2, -0.15) is 5.10 Å². The predicted octanol–water partition coefficient (Wildman–Crippen LogP) is 1.69. The summed E-state index contributed by atoms with van der Waals surface area (Å²) in [6.45, 7) is 0.996. The third-order valence-corrected chi connectivity index (χ3v) is 3.84. The molecule has 0 atom stereocenters. The number of pyridine rings is 1. The van der Waals surface area contributed by atoms with Crippen LogP contribution < -0.4 is 15.6 Å². The molecule has 138 valence electrons. The van der Waals surface area contributed by atoms with Gasteiger partial charge in [0.1, 0.15) is 18.1 Å². The maximum Gasteiger partial charge on any atom is 0.271 e. The van der Waals surface area contributed by atoms with E-state index < -0.39 is 0 Å². The highest BCUT2D eigenvalue weighted by Gasteiger charge is 2.09. The summed E-state index contributed by atoms with van der Waals surface area (Å²) in [7, 11) is 0. The SMILES string of the molecule is O=C(NCCc1cccnc1)c1ccc(=O)n(CCOc2ccccc2)n1. The molecule has 2 aromatic heterocycles. The topological polar surface area (TPSA) is 86.1 Å². The molecule has 0 saturated heterocycles. The summed E-state index contributed by atoms with van der Waals surface area (Å²) in [5, 5.41) is 6.93. The van der Waals surface area contributed by atoms with E-state index in [9.17, 15) is 9.59 Å². The number of para-hydroxylation sites is 1. The number of hydrogen-bond acceptors (Lipinski definition) is 5. The minimum absolute atomic E-state index is 0.195. The van der Waals surface area contributed by atoms with Gasteiger partial charge in [-0.3, -0.25) is 14.6 Å². The molecule has 0 unspecified atom stereocenters. The number of benzene rings is 1. The molecule has 7 nitrogen and oxygen atoms in total. The molecule has 1 N–H and O–H groups in total. The van der Waals surface area contributed by atoms with E-state index in [0.29, 0.717) is 13.0 Å². The van der Waals surface area contributed by atoms with E-state index in [1.54, 1.807) is 12.4 Å². The van der Waals surface area contributed by atoms with Crippen LogP contribution in [0.1, 0.15) is 16.1 Å². The zero-order valence-electron chi connectivity index (χ0n) is 14.7. The lowest BCUT2D eigenvalue weighted by Gasteiger charge is -2.09. The molecule has 1 aromatic carbocycles. The molecule has 0 spiro atoms. The van der Waals surface area contributed by atoms with Crippen LogP contribution in [0.25, 0.3) is 0 Å². The van der Waals surface area contributed by atoms with Gasteiger partial charge in [-0.1, -0.05) is 24.3 Å². The fourth-order valence-electron chi connectivity index (χ4n) is 2.45. The Morgan fingerprint density at radius 1 is 1.07 bits per heavy atom. The minimum Gasteiger partial charge on any atom is -0.492 e. The Labute approximate surface area is 156 Å². The molecule has 0 fully saturated rings. The summed E-state index contributed by atoms with van der Waals surface area (Å²) in [6.07, 6.45) is 4.14. The molecule has 2 heterocycles. The van der Waals surface area contributed by atoms with Crippen LogP contribution in [0.15, 0.2) is 71.8 Å². The van der Waals surface area contributed by atoms with Gasteiger partial charge < -0.3 is 10.1 Å². The predicted molar refractivity (Wildman–Crippen MR) is 101 cm³/mol. The van der Waals surface area contributed by atoms with Crippen molar-refractivity contribution in [2.75, 3.05) is 13.2 Å². The van der Waals surface area contributed by atoms with Crippen molar-refractivity contribution in [1.82, 2.24) is 20.1 Å². The Morgan fingerprint density at radius 2 is 1.93 bits per heavy atom. The van der Waals surface area contributed by atoms with Gasteiger partial charge in [0.15, 0.2) is 0 Å². The minimum atomic E-state index is -0.323. The maximum atomic E-state index is 12.3. The normalized spacial score (nSPS) is 10.4. The molecule has 0 aliphatic carbocycles. The number of carbonyl (C=O) groups excluding carboxylic acids is 1. The number of amides is 1. The van der Waals surface area contributed by atoms with Crippen LogP contribution in [-0.2, 0) is 13.0 Å². The van der Waals surface area contributed by atoms with E-state index in [4.69, 9.17) is 4.74 Å². The molecule has 0 bridgehead atoms. The van der Waals surface area contributed by atoms with Crippen molar-refractivity contribution in [3.05, 3.63) is 88.6 Å². The molecule has 7 heteroatoms. The summed E-state index contributed by atoms with van der Waals surface area (Å²) >= 11 is 0. The highest BCUT2D eigenvalue weighted by Crippen LogP contribution is 2.07. The van der Waals surface area contributed by atoms with Crippen LogP contribution in [-0.4, -0.2) is 33.8 Å². The quantitative estimate of drug-likeness (QED) is 0.657. The van der Waals surface area contributed by atoms with Gasteiger partial charge >= 0.3 is 0 Å². The van der Waals surface area contributed by atoms with Crippen molar-refractivity contribution in [2.45, 2.75) is 13.0 Å². The molecule has 3 aromatic rings. The number of nitrogens with zero attached hydrogens (tertiary/aromatic N) is 3. The van der Waals surface area contributed by atoms with E-state index in [-0.39, 0.29) is 30.3 Å². The molecular formula is C20H20N4O3. The lowest BCUT2D eigenvalue weighted by molar-refractivity contribution is 0.0946. The molecular weight excluding hydrogens is 344 g/mol. The van der Waals surface area contributed by atoms with Crippen LogP contribution in [0.2, 0.25) is 0 Å². The standard InChI is InChI=1S/C20H20N4O3/c25-19-9-8-18(20(26)22-12-10-16-5-4-11-21-15-16)23-24(19)13-14-27-17-6-2-1-3-7-17/h1-9,11,15H,10,12-14H2,(H,22,26). The molecule has 0 radical (unpaired) electrons. The van der Waals surface area contributed by atoms with Gasteiger partial charge in [-0.25, -0.2) is 4.68 Å². The van der Waals surface area contributed by atoms with Gasteiger partial charge in [0, 0.05) is 25.0 Å². The molecule has 0 aliphatic heterocycles. The lowest BCUT2D eigenvalue weighted by Crippen LogP contribution is -2.31. The van der Waals surface area contributed by atoms with Gasteiger partial charge in [-0.05, 0) is 36.2 Å². The number of ether oxygens (including phenoxy) is 1. The molecule has 27 heavy (non-hydrogen) atoms. The first-order valence-corrected chi connectivity index (χ1v) is 8.65. The van der Waals surface area contributed by atoms with E-state index in [2.05, 4.69) is 15.4 Å². The van der Waals surface area contributed by atoms with Gasteiger partial charge in [0.05, 0.1) is 6.54 Å². The number of carbonyl (C=O) groups is 1. The Hall–Kier alpha value is -3.48. The largest absolute Gasteiger partial charge is 0.492 e. The maximum absolute atomic E-state index is 12.3. The fourth-order valence-corrected chi connectivity index (χ4v) is 2.45. The lowest BCUT2D eigenvalue weighted by atomic mass is 10.2. The summed E-state index contributed by atoms with van der Waals surface area (Å²) in [5.74, 6) is 0.395. The molecule has 3 rings (SSSR count). The van der Waals surface area contributed by atoms with Gasteiger partial charge in [0.25, 0.3) is 11.5 Å². The van der Waals surface area contributed by atoms with E-state index in [0.717, 1.165) is 11.3 Å². The van der Waals surface area contributed by atoms with Crippen LogP contribution >= 0.6 is 0 Å². The highest BCUT2D eigenvalue weighted by molar-refractivity contribution is 5.91. The van der Waals surface area contributed by atoms with Crippen molar-refractivity contribution in [3.8, 4) is 5.75 Å². The number of nitrogens with one attached hydrogen (secondary N) is 1. The first kappa shape index (κ1) is 18.3. The monoisotopic (exact) mass is 364 g/mol. The van der Waals surface area contributed by atoms with E-state index >= 15 is 0 Å². The van der Waals surface area contributed by atoms with Crippen molar-refractivity contribution < 1.29 is 9.53 Å². The highest BCUT2D eigenvalue weighted by atomic mass is 16.5. The first-order chi connectivity index (χ1) is 13.2. The second kappa shape index (κ2) is 9.28. The zero-order valence-corrected chi connectivity index (χ0v) is 14.7. The number of aromatic nitrogens is 3. The van der Waals surface area contributed by atoms with Crippen LogP contribution in [0, 0.1) is 0 Å². The average molecular weight is 364 g/mol. The second-order valence-electron chi connectivity index (χ2n) is 5.81. The molecule has 1 amide bonds. The Morgan fingerprint density at radius 3 is 2.70 bits per heavy atom. The second-order valence-corrected chi connectivity index (χ2v) is 5.81. The number of rotatable bonds is 8. The summed E-state index contributed by atoms with van der Waals surface area (Å²) in [4.78, 5) is 28.2. The zero-order chi connectivity index (χ0) is 18.9. The average Bonchev–Trinajstić information content (AvgIpc) is 2.71. The Balaban J connectivity index is 1.54. The molecule has 0 aliphatic rings. The smallest absolute Gasteiger partial charge is 0.271 e. The summed E-state index contributed by atoms with van der Waals surface area (Å²) < 4.78 is 6.81. The summed E-state index contributed by atoms with van der Waals surface area (Å²) in [6, 6.07) is 15.9. The van der Waals surface area contributed by atoms with Gasteiger partial charge in [-0.15, -0.1) is 0 Å². The van der Waals surface area contributed by atoms with Crippen LogP contribution in [0.5, 0.6) is 5.75 Å². The van der Waals surface area contributed by atoms with E-state index in [1.165, 1.54) is 16.8 Å². The third-order valence-electron chi connectivity index (χ3n) is 3.84. The third kappa shape index (κ3) is 5.50. The van der Waals surface area contributed by atoms with Crippen molar-refractivity contribution >= 4 is 5.91 Å². The van der Waals surface area contributed by atoms with Gasteiger partial charge in [0.2, 0.25) is 0 Å².